The normalized spacial score (nSPS) is 19.7. The van der Waals surface area contributed by atoms with Crippen molar-refractivity contribution in [2.75, 3.05) is 27.3 Å². The number of carboxylic acids is 1. The molecule has 134 valence electrons. The zero-order valence-corrected chi connectivity index (χ0v) is 15.0. The molecule has 1 saturated heterocycles. The van der Waals surface area contributed by atoms with Gasteiger partial charge in [-0.25, -0.2) is 0 Å². The number of benzene rings is 1. The summed E-state index contributed by atoms with van der Waals surface area (Å²) in [6.07, 6.45) is 4.93. The molecule has 0 spiro atoms. The predicted molar refractivity (Wildman–Crippen MR) is 93.7 cm³/mol. The molecule has 1 heterocycles. The summed E-state index contributed by atoms with van der Waals surface area (Å²) in [4.78, 5) is 13.7. The molecular formula is C19H29NO4. The van der Waals surface area contributed by atoms with E-state index in [0.29, 0.717) is 6.54 Å². The third kappa shape index (κ3) is 4.41. The van der Waals surface area contributed by atoms with Crippen molar-refractivity contribution in [1.29, 1.82) is 0 Å². The molecule has 1 fully saturated rings. The summed E-state index contributed by atoms with van der Waals surface area (Å²) < 4.78 is 10.9. The van der Waals surface area contributed by atoms with Crippen LogP contribution < -0.4 is 9.47 Å². The van der Waals surface area contributed by atoms with Gasteiger partial charge in [-0.1, -0.05) is 25.8 Å². The van der Waals surface area contributed by atoms with Gasteiger partial charge >= 0.3 is 5.97 Å². The number of nitrogens with zero attached hydrogens (tertiary/aromatic N) is 1. The van der Waals surface area contributed by atoms with Crippen LogP contribution in [-0.4, -0.2) is 43.3 Å². The maximum absolute atomic E-state index is 11.4. The van der Waals surface area contributed by atoms with Crippen molar-refractivity contribution in [2.24, 2.45) is 5.92 Å². The summed E-state index contributed by atoms with van der Waals surface area (Å²) in [5.74, 6) is 0.627. The SMILES string of the molecule is CCCCC(c1ccc(OC)cc1OC)N1CCCC(C(=O)O)C1. The van der Waals surface area contributed by atoms with Crippen LogP contribution in [0.2, 0.25) is 0 Å². The second kappa shape index (κ2) is 8.92. The minimum Gasteiger partial charge on any atom is -0.497 e. The molecule has 5 heteroatoms. The Kier molecular flexibility index (Phi) is 6.91. The Morgan fingerprint density at radius 1 is 1.38 bits per heavy atom. The summed E-state index contributed by atoms with van der Waals surface area (Å²) in [6, 6.07) is 6.11. The fourth-order valence-electron chi connectivity index (χ4n) is 3.52. The number of ether oxygens (including phenoxy) is 2. The summed E-state index contributed by atoms with van der Waals surface area (Å²) in [5.41, 5.74) is 1.12. The summed E-state index contributed by atoms with van der Waals surface area (Å²) in [5, 5.41) is 9.39. The van der Waals surface area contributed by atoms with Crippen molar-refractivity contribution < 1.29 is 19.4 Å². The lowest BCUT2D eigenvalue weighted by Crippen LogP contribution is -2.41. The summed E-state index contributed by atoms with van der Waals surface area (Å²) >= 11 is 0. The molecule has 1 aromatic rings. The second-order valence-corrected chi connectivity index (χ2v) is 6.44. The van der Waals surface area contributed by atoms with E-state index in [-0.39, 0.29) is 12.0 Å². The van der Waals surface area contributed by atoms with Gasteiger partial charge < -0.3 is 14.6 Å². The van der Waals surface area contributed by atoms with Crippen molar-refractivity contribution in [2.45, 2.75) is 45.1 Å². The molecule has 0 amide bonds. The van der Waals surface area contributed by atoms with E-state index in [2.05, 4.69) is 17.9 Å². The number of aliphatic carboxylic acids is 1. The predicted octanol–water partition coefficient (Wildman–Crippen LogP) is 3.73. The molecule has 1 N–H and O–H groups in total. The number of unbranched alkanes of at least 4 members (excludes halogenated alkanes) is 1. The molecule has 2 unspecified atom stereocenters. The summed E-state index contributed by atoms with van der Waals surface area (Å²) in [6.45, 7) is 3.73. The first-order chi connectivity index (χ1) is 11.6. The van der Waals surface area contributed by atoms with Crippen molar-refractivity contribution in [3.05, 3.63) is 23.8 Å². The third-order valence-corrected chi connectivity index (χ3v) is 4.87. The molecule has 0 bridgehead atoms. The lowest BCUT2D eigenvalue weighted by molar-refractivity contribution is -0.144. The highest BCUT2D eigenvalue weighted by Gasteiger charge is 2.31. The van der Waals surface area contributed by atoms with Gasteiger partial charge in [0.1, 0.15) is 11.5 Å². The van der Waals surface area contributed by atoms with Crippen LogP contribution in [0.4, 0.5) is 0 Å². The van der Waals surface area contributed by atoms with Gasteiger partial charge in [0.25, 0.3) is 0 Å². The zero-order chi connectivity index (χ0) is 17.5. The van der Waals surface area contributed by atoms with Crippen LogP contribution in [-0.2, 0) is 4.79 Å². The molecule has 0 saturated carbocycles. The van der Waals surface area contributed by atoms with E-state index in [4.69, 9.17) is 9.47 Å². The molecule has 1 aromatic carbocycles. The standard InChI is InChI=1S/C19H29NO4/c1-4-5-8-17(20-11-6-7-14(13-20)19(21)22)16-10-9-15(23-2)12-18(16)24-3/h9-10,12,14,17H,4-8,11,13H2,1-3H3,(H,21,22). The van der Waals surface area contributed by atoms with E-state index in [1.807, 2.05) is 12.1 Å². The molecule has 0 aliphatic carbocycles. The topological polar surface area (TPSA) is 59.0 Å². The Hall–Kier alpha value is -1.75. The quantitative estimate of drug-likeness (QED) is 0.784. The van der Waals surface area contributed by atoms with E-state index < -0.39 is 5.97 Å². The molecule has 24 heavy (non-hydrogen) atoms. The van der Waals surface area contributed by atoms with Gasteiger partial charge in [-0.05, 0) is 31.9 Å². The second-order valence-electron chi connectivity index (χ2n) is 6.44. The van der Waals surface area contributed by atoms with Crippen LogP contribution in [0, 0.1) is 5.92 Å². The Bertz CT molecular complexity index is 546. The van der Waals surface area contributed by atoms with Crippen molar-refractivity contribution in [3.63, 3.8) is 0 Å². The first kappa shape index (κ1) is 18.6. The Morgan fingerprint density at radius 2 is 2.17 bits per heavy atom. The van der Waals surface area contributed by atoms with Gasteiger partial charge in [-0.15, -0.1) is 0 Å². The van der Waals surface area contributed by atoms with Gasteiger partial charge in [0.2, 0.25) is 0 Å². The van der Waals surface area contributed by atoms with Gasteiger partial charge in [-0.2, -0.15) is 0 Å². The molecule has 1 aliphatic rings. The Labute approximate surface area is 144 Å². The number of carboxylic acid groups (broad SMARTS) is 1. The number of piperidine rings is 1. The lowest BCUT2D eigenvalue weighted by Gasteiger charge is -2.38. The molecular weight excluding hydrogens is 306 g/mol. The highest BCUT2D eigenvalue weighted by atomic mass is 16.5. The van der Waals surface area contributed by atoms with Crippen LogP contribution in [0.1, 0.15) is 50.6 Å². The number of methoxy groups -OCH3 is 2. The van der Waals surface area contributed by atoms with E-state index in [1.54, 1.807) is 14.2 Å². The fraction of sp³-hybridized carbons (Fsp3) is 0.632. The fourth-order valence-corrected chi connectivity index (χ4v) is 3.52. The molecule has 1 aliphatic heterocycles. The highest BCUT2D eigenvalue weighted by molar-refractivity contribution is 5.70. The lowest BCUT2D eigenvalue weighted by atomic mass is 9.92. The van der Waals surface area contributed by atoms with E-state index in [0.717, 1.165) is 55.7 Å². The maximum atomic E-state index is 11.4. The van der Waals surface area contributed by atoms with Gasteiger partial charge in [0, 0.05) is 24.2 Å². The van der Waals surface area contributed by atoms with E-state index in [1.165, 1.54) is 0 Å². The first-order valence-corrected chi connectivity index (χ1v) is 8.79. The van der Waals surface area contributed by atoms with Gasteiger partial charge in [0.15, 0.2) is 0 Å². The number of likely N-dealkylation sites (tertiary alicyclic amines) is 1. The zero-order valence-electron chi connectivity index (χ0n) is 15.0. The minimum atomic E-state index is -0.685. The van der Waals surface area contributed by atoms with Crippen molar-refractivity contribution in [3.8, 4) is 11.5 Å². The van der Waals surface area contributed by atoms with Crippen molar-refractivity contribution >= 4 is 5.97 Å². The van der Waals surface area contributed by atoms with Crippen LogP contribution in [0.3, 0.4) is 0 Å². The molecule has 2 atom stereocenters. The molecule has 5 nitrogen and oxygen atoms in total. The van der Waals surface area contributed by atoms with E-state index >= 15 is 0 Å². The van der Waals surface area contributed by atoms with Crippen LogP contribution in [0.25, 0.3) is 0 Å². The van der Waals surface area contributed by atoms with Crippen LogP contribution in [0.15, 0.2) is 18.2 Å². The first-order valence-electron chi connectivity index (χ1n) is 8.79. The summed E-state index contributed by atoms with van der Waals surface area (Å²) in [7, 11) is 3.32. The number of hydrogen-bond acceptors (Lipinski definition) is 4. The van der Waals surface area contributed by atoms with Crippen LogP contribution in [0.5, 0.6) is 11.5 Å². The van der Waals surface area contributed by atoms with Crippen LogP contribution >= 0.6 is 0 Å². The number of rotatable bonds is 8. The third-order valence-electron chi connectivity index (χ3n) is 4.87. The number of hydrogen-bond donors (Lipinski definition) is 1. The maximum Gasteiger partial charge on any atom is 0.307 e. The van der Waals surface area contributed by atoms with Crippen molar-refractivity contribution in [1.82, 2.24) is 4.90 Å². The molecule has 0 radical (unpaired) electrons. The Morgan fingerprint density at radius 3 is 2.79 bits per heavy atom. The smallest absolute Gasteiger partial charge is 0.307 e. The Balaban J connectivity index is 2.29. The number of carbonyl (C=O) groups is 1. The van der Waals surface area contributed by atoms with Gasteiger partial charge in [-0.3, -0.25) is 9.69 Å². The monoisotopic (exact) mass is 335 g/mol. The minimum absolute atomic E-state index is 0.188. The molecule has 2 rings (SSSR count). The van der Waals surface area contributed by atoms with Gasteiger partial charge in [0.05, 0.1) is 20.1 Å². The van der Waals surface area contributed by atoms with E-state index in [9.17, 15) is 9.90 Å². The highest BCUT2D eigenvalue weighted by Crippen LogP contribution is 2.37. The largest absolute Gasteiger partial charge is 0.497 e. The average Bonchev–Trinajstić information content (AvgIpc) is 2.62. The average molecular weight is 335 g/mol. The molecule has 0 aromatic heterocycles.